The number of Topliss-reactive ketones (excluding diaryl/α,β-unsaturated/α-hetero) is 1. The van der Waals surface area contributed by atoms with Gasteiger partial charge in [-0.15, -0.1) is 0 Å². The summed E-state index contributed by atoms with van der Waals surface area (Å²) in [7, 11) is -3.77. The van der Waals surface area contributed by atoms with E-state index in [2.05, 4.69) is 23.6 Å². The van der Waals surface area contributed by atoms with Crippen molar-refractivity contribution in [3.05, 3.63) is 58.3 Å². The van der Waals surface area contributed by atoms with Crippen LogP contribution in [0.1, 0.15) is 53.0 Å². The lowest BCUT2D eigenvalue weighted by molar-refractivity contribution is 0.0913. The van der Waals surface area contributed by atoms with E-state index < -0.39 is 10.0 Å². The molecule has 2 aromatic carbocycles. The van der Waals surface area contributed by atoms with Crippen molar-refractivity contribution in [1.29, 1.82) is 0 Å². The molecule has 1 aromatic heterocycles. The van der Waals surface area contributed by atoms with Crippen molar-refractivity contribution >= 4 is 32.4 Å². The molecule has 4 rings (SSSR count). The molecule has 0 spiro atoms. The Morgan fingerprint density at radius 2 is 1.76 bits per heavy atom. The summed E-state index contributed by atoms with van der Waals surface area (Å²) in [6, 6.07) is 9.02. The van der Waals surface area contributed by atoms with Gasteiger partial charge in [-0.3, -0.25) is 9.52 Å². The van der Waals surface area contributed by atoms with Crippen molar-refractivity contribution in [3.8, 4) is 0 Å². The van der Waals surface area contributed by atoms with E-state index >= 15 is 0 Å². The van der Waals surface area contributed by atoms with Crippen molar-refractivity contribution in [1.82, 2.24) is 4.98 Å². The maximum atomic E-state index is 13.1. The second kappa shape index (κ2) is 6.46. The van der Waals surface area contributed by atoms with Crippen molar-refractivity contribution in [3.63, 3.8) is 0 Å². The topological polar surface area (TPSA) is 79.0 Å². The van der Waals surface area contributed by atoms with Crippen LogP contribution < -0.4 is 4.72 Å². The second-order valence-corrected chi connectivity index (χ2v) is 10.6. The number of hydrogen-bond acceptors (Lipinski definition) is 3. The maximum absolute atomic E-state index is 13.1. The molecule has 1 heterocycles. The van der Waals surface area contributed by atoms with E-state index in [0.717, 1.165) is 28.6 Å². The van der Waals surface area contributed by atoms with Gasteiger partial charge in [-0.1, -0.05) is 26.0 Å². The number of ketones is 1. The van der Waals surface area contributed by atoms with Crippen molar-refractivity contribution in [2.24, 2.45) is 5.41 Å². The minimum absolute atomic E-state index is 0.0981. The summed E-state index contributed by atoms with van der Waals surface area (Å²) in [4.78, 5) is 16.3. The summed E-state index contributed by atoms with van der Waals surface area (Å²) in [5.74, 6) is 0.117. The number of aromatic nitrogens is 1. The van der Waals surface area contributed by atoms with Crippen LogP contribution in [0.15, 0.2) is 35.2 Å². The number of rotatable bonds is 3. The number of hydrogen-bond donors (Lipinski definition) is 2. The molecule has 2 N–H and O–H groups in total. The van der Waals surface area contributed by atoms with Crippen LogP contribution in [0.25, 0.3) is 10.9 Å². The first kappa shape index (κ1) is 19.7. The molecule has 0 saturated heterocycles. The highest BCUT2D eigenvalue weighted by Crippen LogP contribution is 2.39. The second-order valence-electron chi connectivity index (χ2n) is 8.94. The highest BCUT2D eigenvalue weighted by molar-refractivity contribution is 7.92. The summed E-state index contributed by atoms with van der Waals surface area (Å²) in [6.45, 7) is 9.78. The normalized spacial score (nSPS) is 16.1. The fourth-order valence-corrected chi connectivity index (χ4v) is 5.63. The summed E-state index contributed by atoms with van der Waals surface area (Å²) >= 11 is 0. The van der Waals surface area contributed by atoms with Crippen LogP contribution in [0, 0.1) is 26.2 Å². The van der Waals surface area contributed by atoms with Crippen molar-refractivity contribution in [2.45, 2.75) is 52.4 Å². The predicted molar refractivity (Wildman–Crippen MR) is 116 cm³/mol. The summed E-state index contributed by atoms with van der Waals surface area (Å²) < 4.78 is 29.0. The summed E-state index contributed by atoms with van der Waals surface area (Å²) in [5.41, 5.74) is 5.33. The van der Waals surface area contributed by atoms with Gasteiger partial charge in [0.2, 0.25) is 0 Å². The fraction of sp³-hybridized carbons (Fsp3) is 0.348. The third-order valence-electron chi connectivity index (χ3n) is 5.88. The molecular formula is C23H26N2O3S. The zero-order chi connectivity index (χ0) is 21.1. The molecule has 0 amide bonds. The van der Waals surface area contributed by atoms with Gasteiger partial charge in [-0.05, 0) is 67.5 Å². The van der Waals surface area contributed by atoms with Crippen LogP contribution in [0.2, 0.25) is 0 Å². The predicted octanol–water partition coefficient (Wildman–Crippen LogP) is 5.05. The molecule has 1 aliphatic carbocycles. The van der Waals surface area contributed by atoms with Crippen LogP contribution in [0.3, 0.4) is 0 Å². The van der Waals surface area contributed by atoms with Crippen LogP contribution in [-0.2, 0) is 16.4 Å². The highest BCUT2D eigenvalue weighted by Gasteiger charge is 2.34. The Morgan fingerprint density at radius 1 is 1.03 bits per heavy atom. The molecule has 29 heavy (non-hydrogen) atoms. The monoisotopic (exact) mass is 410 g/mol. The number of H-pyrrole nitrogens is 1. The molecule has 0 fully saturated rings. The number of fused-ring (bicyclic) bond motifs is 3. The number of carbonyl (C=O) groups excluding carboxylic acids is 1. The Hall–Kier alpha value is -2.60. The molecular weight excluding hydrogens is 384 g/mol. The first-order valence-electron chi connectivity index (χ1n) is 9.76. The molecule has 0 atom stereocenters. The number of anilines is 1. The third-order valence-corrected chi connectivity index (χ3v) is 7.39. The number of nitrogens with one attached hydrogen (secondary N) is 2. The van der Waals surface area contributed by atoms with E-state index in [-0.39, 0.29) is 16.1 Å². The maximum Gasteiger partial charge on any atom is 0.262 e. The minimum atomic E-state index is -3.77. The van der Waals surface area contributed by atoms with Gasteiger partial charge in [0, 0.05) is 28.6 Å². The molecule has 0 saturated carbocycles. The number of aryl methyl sites for hydroxylation is 2. The van der Waals surface area contributed by atoms with Crippen LogP contribution in [0.5, 0.6) is 0 Å². The summed E-state index contributed by atoms with van der Waals surface area (Å²) in [6.07, 6.45) is 1.27. The molecule has 3 aromatic rings. The van der Waals surface area contributed by atoms with Gasteiger partial charge < -0.3 is 4.98 Å². The van der Waals surface area contributed by atoms with E-state index in [1.807, 2.05) is 32.0 Å². The number of benzene rings is 2. The Bertz CT molecular complexity index is 1270. The first-order valence-corrected chi connectivity index (χ1v) is 11.2. The molecule has 1 aliphatic rings. The van der Waals surface area contributed by atoms with Gasteiger partial charge in [-0.25, -0.2) is 8.42 Å². The standard InChI is InChI=1S/C23H26N2O3S/c1-13-7-6-8-17(15(13)3)25-29(27,28)21-10-18-16(9-14(21)2)22-19(24-18)11-23(4,5)12-20(22)26/h6-10,24-25H,11-12H2,1-5H3. The van der Waals surface area contributed by atoms with E-state index in [1.165, 1.54) is 0 Å². The van der Waals surface area contributed by atoms with E-state index in [4.69, 9.17) is 0 Å². The molecule has 5 nitrogen and oxygen atoms in total. The number of carbonyl (C=O) groups is 1. The molecule has 0 bridgehead atoms. The lowest BCUT2D eigenvalue weighted by Gasteiger charge is -2.28. The molecule has 0 radical (unpaired) electrons. The summed E-state index contributed by atoms with van der Waals surface area (Å²) in [5, 5.41) is 0.809. The Morgan fingerprint density at radius 3 is 2.48 bits per heavy atom. The fourth-order valence-electron chi connectivity index (χ4n) is 4.25. The molecule has 0 aliphatic heterocycles. The largest absolute Gasteiger partial charge is 0.358 e. The average Bonchev–Trinajstić information content (AvgIpc) is 2.93. The Labute approximate surface area is 171 Å². The SMILES string of the molecule is Cc1cc2c3c([nH]c2cc1S(=O)(=O)Nc1cccc(C)c1C)CC(C)(C)CC3=O. The van der Waals surface area contributed by atoms with E-state index in [0.29, 0.717) is 28.8 Å². The van der Waals surface area contributed by atoms with E-state index in [1.54, 1.807) is 19.1 Å². The highest BCUT2D eigenvalue weighted by atomic mass is 32.2. The lowest BCUT2D eigenvalue weighted by Crippen LogP contribution is -2.26. The van der Waals surface area contributed by atoms with Crippen LogP contribution in [0.4, 0.5) is 5.69 Å². The molecule has 6 heteroatoms. The molecule has 0 unspecified atom stereocenters. The van der Waals surface area contributed by atoms with Crippen LogP contribution >= 0.6 is 0 Å². The van der Waals surface area contributed by atoms with Gasteiger partial charge >= 0.3 is 0 Å². The Balaban J connectivity index is 1.82. The average molecular weight is 411 g/mol. The van der Waals surface area contributed by atoms with Crippen molar-refractivity contribution < 1.29 is 13.2 Å². The lowest BCUT2D eigenvalue weighted by atomic mass is 9.76. The van der Waals surface area contributed by atoms with Crippen LogP contribution in [-0.4, -0.2) is 19.2 Å². The smallest absolute Gasteiger partial charge is 0.262 e. The quantitative estimate of drug-likeness (QED) is 0.634. The van der Waals surface area contributed by atoms with Gasteiger partial charge in [0.15, 0.2) is 5.78 Å². The third kappa shape index (κ3) is 3.35. The van der Waals surface area contributed by atoms with Gasteiger partial charge in [0.05, 0.1) is 10.6 Å². The van der Waals surface area contributed by atoms with Gasteiger partial charge in [0.25, 0.3) is 10.0 Å². The zero-order valence-corrected chi connectivity index (χ0v) is 18.3. The number of aromatic amines is 1. The Kier molecular flexibility index (Phi) is 4.39. The first-order chi connectivity index (χ1) is 13.5. The molecule has 152 valence electrons. The van der Waals surface area contributed by atoms with Crippen molar-refractivity contribution in [2.75, 3.05) is 4.72 Å². The minimum Gasteiger partial charge on any atom is -0.358 e. The number of sulfonamides is 1. The van der Waals surface area contributed by atoms with Gasteiger partial charge in [0.1, 0.15) is 0 Å². The van der Waals surface area contributed by atoms with Gasteiger partial charge in [-0.2, -0.15) is 0 Å². The van der Waals surface area contributed by atoms with E-state index in [9.17, 15) is 13.2 Å². The zero-order valence-electron chi connectivity index (χ0n) is 17.4.